The summed E-state index contributed by atoms with van der Waals surface area (Å²) in [6, 6.07) is 11.1. The van der Waals surface area contributed by atoms with Crippen LogP contribution in [-0.4, -0.2) is 13.0 Å². The van der Waals surface area contributed by atoms with E-state index in [1.807, 2.05) is 13.8 Å². The Kier molecular flexibility index (Phi) is 4.67. The number of anilines is 1. The zero-order valence-corrected chi connectivity index (χ0v) is 11.5. The zero-order chi connectivity index (χ0) is 14.5. The molecule has 0 saturated heterocycles. The molecule has 1 amide bonds. The van der Waals surface area contributed by atoms with Crippen molar-refractivity contribution in [1.29, 1.82) is 10.5 Å². The summed E-state index contributed by atoms with van der Waals surface area (Å²) in [6.45, 7) is 3.66. The van der Waals surface area contributed by atoms with Crippen LogP contribution in [-0.2, 0) is 4.79 Å². The number of amides is 1. The summed E-state index contributed by atoms with van der Waals surface area (Å²) in [5.74, 6) is -0.261. The highest BCUT2D eigenvalue weighted by Gasteiger charge is 2.38. The highest BCUT2D eigenvalue weighted by molar-refractivity contribution is 5.99. The van der Waals surface area contributed by atoms with Gasteiger partial charge < -0.3 is 4.90 Å². The van der Waals surface area contributed by atoms with Gasteiger partial charge in [-0.15, -0.1) is 0 Å². The summed E-state index contributed by atoms with van der Waals surface area (Å²) in [5, 5.41) is 18.4. The van der Waals surface area contributed by atoms with Crippen molar-refractivity contribution in [1.82, 2.24) is 0 Å². The molecule has 0 aromatic heterocycles. The molecule has 1 aromatic rings. The second-order valence-corrected chi connectivity index (χ2v) is 4.39. The van der Waals surface area contributed by atoms with Crippen LogP contribution < -0.4 is 4.90 Å². The second kappa shape index (κ2) is 6.02. The SMILES string of the molecule is CCC(C#N)(CC)C(=O)N(C)c1ccccc1C#N. The van der Waals surface area contributed by atoms with Gasteiger partial charge in [-0.1, -0.05) is 26.0 Å². The summed E-state index contributed by atoms with van der Waals surface area (Å²) in [4.78, 5) is 13.9. The van der Waals surface area contributed by atoms with Crippen molar-refractivity contribution in [2.75, 3.05) is 11.9 Å². The third kappa shape index (κ3) is 2.58. The Labute approximate surface area is 113 Å². The summed E-state index contributed by atoms with van der Waals surface area (Å²) >= 11 is 0. The smallest absolute Gasteiger partial charge is 0.247 e. The summed E-state index contributed by atoms with van der Waals surface area (Å²) in [6.07, 6.45) is 0.912. The summed E-state index contributed by atoms with van der Waals surface area (Å²) in [7, 11) is 1.61. The van der Waals surface area contributed by atoms with E-state index in [2.05, 4.69) is 12.1 Å². The van der Waals surface area contributed by atoms with Crippen molar-refractivity contribution >= 4 is 11.6 Å². The highest BCUT2D eigenvalue weighted by Crippen LogP contribution is 2.30. The third-order valence-electron chi connectivity index (χ3n) is 3.52. The lowest BCUT2D eigenvalue weighted by molar-refractivity contribution is -0.125. The molecule has 4 nitrogen and oxygen atoms in total. The Balaban J connectivity index is 3.21. The predicted octanol–water partition coefficient (Wildman–Crippen LogP) is 2.85. The van der Waals surface area contributed by atoms with E-state index in [9.17, 15) is 10.1 Å². The van der Waals surface area contributed by atoms with Crippen LogP contribution in [0.25, 0.3) is 0 Å². The molecule has 0 saturated carbocycles. The van der Waals surface area contributed by atoms with Crippen molar-refractivity contribution in [3.63, 3.8) is 0 Å². The molecule has 0 aliphatic rings. The number of carbonyl (C=O) groups excluding carboxylic acids is 1. The molecule has 0 unspecified atom stereocenters. The average Bonchev–Trinajstić information content (AvgIpc) is 2.48. The molecule has 0 aliphatic heterocycles. The number of carbonyl (C=O) groups is 1. The van der Waals surface area contributed by atoms with Gasteiger partial charge in [-0.25, -0.2) is 0 Å². The lowest BCUT2D eigenvalue weighted by Crippen LogP contribution is -2.41. The molecule has 0 bridgehead atoms. The van der Waals surface area contributed by atoms with E-state index in [1.165, 1.54) is 4.90 Å². The van der Waals surface area contributed by atoms with E-state index >= 15 is 0 Å². The number of rotatable bonds is 4. The van der Waals surface area contributed by atoms with Gasteiger partial charge in [0.1, 0.15) is 11.5 Å². The van der Waals surface area contributed by atoms with Crippen molar-refractivity contribution in [3.8, 4) is 12.1 Å². The fraction of sp³-hybridized carbons (Fsp3) is 0.400. The number of nitriles is 2. The van der Waals surface area contributed by atoms with Crippen molar-refractivity contribution < 1.29 is 4.79 Å². The maximum Gasteiger partial charge on any atom is 0.247 e. The zero-order valence-electron chi connectivity index (χ0n) is 11.5. The largest absolute Gasteiger partial charge is 0.313 e. The van der Waals surface area contributed by atoms with Gasteiger partial charge >= 0.3 is 0 Å². The Morgan fingerprint density at radius 3 is 2.32 bits per heavy atom. The molecule has 0 radical (unpaired) electrons. The lowest BCUT2D eigenvalue weighted by atomic mass is 9.82. The molecule has 0 spiro atoms. The second-order valence-electron chi connectivity index (χ2n) is 4.39. The van der Waals surface area contributed by atoms with Crippen LogP contribution in [0.2, 0.25) is 0 Å². The van der Waals surface area contributed by atoms with Gasteiger partial charge in [0.05, 0.1) is 17.3 Å². The number of para-hydroxylation sites is 1. The normalized spacial score (nSPS) is 10.4. The third-order valence-corrected chi connectivity index (χ3v) is 3.52. The maximum atomic E-state index is 12.5. The topological polar surface area (TPSA) is 67.9 Å². The van der Waals surface area contributed by atoms with Gasteiger partial charge in [-0.2, -0.15) is 10.5 Å². The Bertz CT molecular complexity index is 547. The molecule has 0 atom stereocenters. The van der Waals surface area contributed by atoms with Crippen molar-refractivity contribution in [2.45, 2.75) is 26.7 Å². The molecule has 1 aromatic carbocycles. The van der Waals surface area contributed by atoms with Gasteiger partial charge in [0.2, 0.25) is 5.91 Å². The molecule has 0 aliphatic carbocycles. The Morgan fingerprint density at radius 1 is 1.26 bits per heavy atom. The van der Waals surface area contributed by atoms with Crippen LogP contribution in [0.5, 0.6) is 0 Å². The van der Waals surface area contributed by atoms with Gasteiger partial charge in [-0.05, 0) is 25.0 Å². The first-order valence-electron chi connectivity index (χ1n) is 6.24. The molecule has 0 fully saturated rings. The molecule has 19 heavy (non-hydrogen) atoms. The molecular weight excluding hydrogens is 238 g/mol. The van der Waals surface area contributed by atoms with Gasteiger partial charge in [0.15, 0.2) is 0 Å². The molecule has 4 heteroatoms. The van der Waals surface area contributed by atoms with Crippen LogP contribution in [0, 0.1) is 28.1 Å². The number of hydrogen-bond donors (Lipinski definition) is 0. The summed E-state index contributed by atoms with van der Waals surface area (Å²) < 4.78 is 0. The number of benzene rings is 1. The Hall–Kier alpha value is -2.33. The number of hydrogen-bond acceptors (Lipinski definition) is 3. The molecule has 0 heterocycles. The highest BCUT2D eigenvalue weighted by atomic mass is 16.2. The maximum absolute atomic E-state index is 12.5. The first-order chi connectivity index (χ1) is 9.06. The minimum atomic E-state index is -1.02. The molecule has 0 N–H and O–H groups in total. The van der Waals surface area contributed by atoms with Crippen LogP contribution in [0.15, 0.2) is 24.3 Å². The Morgan fingerprint density at radius 2 is 1.84 bits per heavy atom. The van der Waals surface area contributed by atoms with E-state index in [1.54, 1.807) is 31.3 Å². The van der Waals surface area contributed by atoms with Gasteiger partial charge in [-0.3, -0.25) is 4.79 Å². The number of nitrogens with zero attached hydrogens (tertiary/aromatic N) is 3. The van der Waals surface area contributed by atoms with Crippen LogP contribution >= 0.6 is 0 Å². The standard InChI is InChI=1S/C15H17N3O/c1-4-15(5-2,11-17)14(19)18(3)13-9-7-6-8-12(13)10-16/h6-9H,4-5H2,1-3H3. The van der Waals surface area contributed by atoms with E-state index in [4.69, 9.17) is 5.26 Å². The van der Waals surface area contributed by atoms with Crippen LogP contribution in [0.4, 0.5) is 5.69 Å². The molecule has 1 rings (SSSR count). The minimum absolute atomic E-state index is 0.261. The molecule has 98 valence electrons. The fourth-order valence-electron chi connectivity index (χ4n) is 2.05. The summed E-state index contributed by atoms with van der Waals surface area (Å²) in [5.41, 5.74) is -0.0500. The fourth-order valence-corrected chi connectivity index (χ4v) is 2.05. The minimum Gasteiger partial charge on any atom is -0.313 e. The van der Waals surface area contributed by atoms with E-state index in [-0.39, 0.29) is 5.91 Å². The van der Waals surface area contributed by atoms with Gasteiger partial charge in [0, 0.05) is 7.05 Å². The monoisotopic (exact) mass is 255 g/mol. The van der Waals surface area contributed by atoms with E-state index in [0.29, 0.717) is 24.1 Å². The van der Waals surface area contributed by atoms with Crippen LogP contribution in [0.1, 0.15) is 32.3 Å². The van der Waals surface area contributed by atoms with Gasteiger partial charge in [0.25, 0.3) is 0 Å². The van der Waals surface area contributed by atoms with Crippen molar-refractivity contribution in [2.24, 2.45) is 5.41 Å². The van der Waals surface area contributed by atoms with Crippen molar-refractivity contribution in [3.05, 3.63) is 29.8 Å². The quantitative estimate of drug-likeness (QED) is 0.830. The van der Waals surface area contributed by atoms with Crippen LogP contribution in [0.3, 0.4) is 0 Å². The van der Waals surface area contributed by atoms with E-state index < -0.39 is 5.41 Å². The first kappa shape index (κ1) is 14.7. The predicted molar refractivity (Wildman–Crippen MR) is 73.2 cm³/mol. The first-order valence-corrected chi connectivity index (χ1v) is 6.24. The van der Waals surface area contributed by atoms with E-state index in [0.717, 1.165) is 0 Å². The lowest BCUT2D eigenvalue weighted by Gasteiger charge is -2.28. The molecular formula is C15H17N3O. The average molecular weight is 255 g/mol.